The first-order chi connectivity index (χ1) is 25.2. The minimum atomic E-state index is -0.321. The first-order valence-corrected chi connectivity index (χ1v) is 18.0. The second-order valence-corrected chi connectivity index (χ2v) is 13.6. The van der Waals surface area contributed by atoms with E-state index in [0.29, 0.717) is 63.5 Å². The molecule has 1 aliphatic heterocycles. The maximum atomic E-state index is 13.9. The topological polar surface area (TPSA) is 64.1 Å². The van der Waals surface area contributed by atoms with Gasteiger partial charge in [0.2, 0.25) is 11.8 Å². The number of nitrogens with zero attached hydrogens (tertiary/aromatic N) is 3. The normalized spacial score (nSPS) is 13.4. The van der Waals surface area contributed by atoms with E-state index in [0.717, 1.165) is 37.2 Å². The van der Waals surface area contributed by atoms with Crippen LogP contribution in [0.5, 0.6) is 23.1 Å². The molecule has 0 spiro atoms. The number of carbonyl (C=O) groups is 1. The third-order valence-electron chi connectivity index (χ3n) is 8.60. The lowest BCUT2D eigenvalue weighted by Gasteiger charge is -2.34. The Morgan fingerprint density at radius 3 is 2.29 bits per heavy atom. The van der Waals surface area contributed by atoms with E-state index in [2.05, 4.69) is 34.1 Å². The van der Waals surface area contributed by atoms with Gasteiger partial charge in [-0.1, -0.05) is 77.3 Å². The third kappa shape index (κ3) is 10.3. The van der Waals surface area contributed by atoms with E-state index in [1.54, 1.807) is 60.7 Å². The fourth-order valence-electron chi connectivity index (χ4n) is 5.70. The van der Waals surface area contributed by atoms with E-state index < -0.39 is 0 Å². The highest BCUT2D eigenvalue weighted by molar-refractivity contribution is 6.42. The minimum absolute atomic E-state index is 0.0392. The highest BCUT2D eigenvalue weighted by atomic mass is 35.5. The summed E-state index contributed by atoms with van der Waals surface area (Å²) in [5.74, 6) is 1.62. The molecule has 4 aromatic carbocycles. The zero-order valence-electron chi connectivity index (χ0n) is 28.5. The van der Waals surface area contributed by atoms with Gasteiger partial charge in [-0.2, -0.15) is 0 Å². The standard InChI is InChI=1S/C41H37Cl3FN3O4/c1-28-22-31(23-37(44)41(28)52-39-14-12-34(25-46-39)51-27-32-4-2-3-5-38(32)45)10-15-40(49)48-19-17-47(18-20-48)26-30-8-6-29(7-9-30)16-21-50-33-11-13-35(42)36(43)24-33/h2-15,22-25H,16-21,26-27H2,1H3. The van der Waals surface area contributed by atoms with Crippen molar-refractivity contribution in [1.82, 2.24) is 14.8 Å². The number of benzene rings is 4. The maximum Gasteiger partial charge on any atom is 0.246 e. The number of hydrogen-bond donors (Lipinski definition) is 0. The van der Waals surface area contributed by atoms with Crippen molar-refractivity contribution in [3.05, 3.63) is 152 Å². The molecule has 0 unspecified atom stereocenters. The van der Waals surface area contributed by atoms with E-state index in [1.165, 1.54) is 23.4 Å². The predicted octanol–water partition coefficient (Wildman–Crippen LogP) is 9.84. The fourth-order valence-corrected chi connectivity index (χ4v) is 6.30. The Balaban J connectivity index is 0.933. The van der Waals surface area contributed by atoms with Crippen molar-refractivity contribution in [2.24, 2.45) is 0 Å². The van der Waals surface area contributed by atoms with Crippen LogP contribution in [0, 0.1) is 12.7 Å². The molecule has 1 amide bonds. The van der Waals surface area contributed by atoms with E-state index in [4.69, 9.17) is 49.0 Å². The Morgan fingerprint density at radius 2 is 1.58 bits per heavy atom. The molecule has 5 aromatic rings. The summed E-state index contributed by atoms with van der Waals surface area (Å²) in [6.07, 6.45) is 5.66. The van der Waals surface area contributed by atoms with Crippen LogP contribution in [0.15, 0.2) is 103 Å². The monoisotopic (exact) mass is 759 g/mol. The van der Waals surface area contributed by atoms with Gasteiger partial charge in [0.1, 0.15) is 23.9 Å². The third-order valence-corrected chi connectivity index (χ3v) is 9.62. The number of amides is 1. The molecule has 0 bridgehead atoms. The highest BCUT2D eigenvalue weighted by Crippen LogP contribution is 2.34. The molecule has 1 aromatic heterocycles. The maximum absolute atomic E-state index is 13.9. The molecule has 6 rings (SSSR count). The molecule has 1 fully saturated rings. The van der Waals surface area contributed by atoms with Gasteiger partial charge < -0.3 is 19.1 Å². The molecule has 52 heavy (non-hydrogen) atoms. The first kappa shape index (κ1) is 37.2. The summed E-state index contributed by atoms with van der Waals surface area (Å²) in [4.78, 5) is 21.6. The van der Waals surface area contributed by atoms with Crippen molar-refractivity contribution in [1.29, 1.82) is 0 Å². The molecule has 11 heteroatoms. The molecule has 2 heterocycles. The first-order valence-electron chi connectivity index (χ1n) is 16.9. The van der Waals surface area contributed by atoms with Gasteiger partial charge >= 0.3 is 0 Å². The van der Waals surface area contributed by atoms with Gasteiger partial charge in [0.25, 0.3) is 0 Å². The van der Waals surface area contributed by atoms with Crippen LogP contribution in [0.4, 0.5) is 4.39 Å². The van der Waals surface area contributed by atoms with E-state index in [9.17, 15) is 9.18 Å². The molecule has 268 valence electrons. The van der Waals surface area contributed by atoms with Crippen molar-refractivity contribution < 1.29 is 23.4 Å². The van der Waals surface area contributed by atoms with Crippen LogP contribution in [0.2, 0.25) is 15.1 Å². The smallest absolute Gasteiger partial charge is 0.246 e. The van der Waals surface area contributed by atoms with Crippen molar-refractivity contribution in [2.45, 2.75) is 26.5 Å². The molecule has 0 N–H and O–H groups in total. The Kier molecular flexibility index (Phi) is 12.7. The lowest BCUT2D eigenvalue weighted by molar-refractivity contribution is -0.127. The summed E-state index contributed by atoms with van der Waals surface area (Å²) in [5.41, 5.74) is 4.46. The zero-order chi connectivity index (χ0) is 36.5. The van der Waals surface area contributed by atoms with E-state index in [-0.39, 0.29) is 18.3 Å². The van der Waals surface area contributed by atoms with Crippen LogP contribution in [0.3, 0.4) is 0 Å². The van der Waals surface area contributed by atoms with Gasteiger partial charge in [-0.3, -0.25) is 9.69 Å². The zero-order valence-corrected chi connectivity index (χ0v) is 30.8. The molecule has 0 radical (unpaired) electrons. The number of piperazine rings is 1. The largest absolute Gasteiger partial charge is 0.493 e. The Bertz CT molecular complexity index is 1990. The van der Waals surface area contributed by atoms with Crippen LogP contribution in [0.25, 0.3) is 6.08 Å². The molecule has 0 saturated carbocycles. The summed E-state index contributed by atoms with van der Waals surface area (Å²) >= 11 is 18.6. The Morgan fingerprint density at radius 1 is 0.827 bits per heavy atom. The summed E-state index contributed by atoms with van der Waals surface area (Å²) < 4.78 is 31.3. The quantitative estimate of drug-likeness (QED) is 0.111. The summed E-state index contributed by atoms with van der Waals surface area (Å²) in [5, 5.41) is 1.38. The predicted molar refractivity (Wildman–Crippen MR) is 204 cm³/mol. The fraction of sp³-hybridized carbons (Fsp3) is 0.220. The number of carbonyl (C=O) groups excluding carboxylic acids is 1. The van der Waals surface area contributed by atoms with Gasteiger partial charge in [0.05, 0.1) is 27.9 Å². The van der Waals surface area contributed by atoms with Gasteiger partial charge in [0.15, 0.2) is 5.75 Å². The van der Waals surface area contributed by atoms with Crippen molar-refractivity contribution in [3.8, 4) is 23.1 Å². The SMILES string of the molecule is Cc1cc(C=CC(=O)N2CCN(Cc3ccc(CCOc4ccc(Cl)c(Cl)c4)cc3)CC2)cc(Cl)c1Oc1ccc(OCc2ccccc2F)cn1. The van der Waals surface area contributed by atoms with E-state index in [1.807, 2.05) is 24.0 Å². The van der Waals surface area contributed by atoms with Crippen LogP contribution >= 0.6 is 34.8 Å². The summed E-state index contributed by atoms with van der Waals surface area (Å²) in [7, 11) is 0. The average Bonchev–Trinajstić information content (AvgIpc) is 3.15. The van der Waals surface area contributed by atoms with Gasteiger partial charge in [-0.25, -0.2) is 9.37 Å². The Hall–Kier alpha value is -4.60. The molecule has 1 aliphatic rings. The van der Waals surface area contributed by atoms with Crippen LogP contribution in [-0.2, 0) is 24.4 Å². The lowest BCUT2D eigenvalue weighted by atomic mass is 10.1. The summed E-state index contributed by atoms with van der Waals surface area (Å²) in [6.45, 7) is 6.23. The Labute approximate surface area is 318 Å². The second kappa shape index (κ2) is 17.8. The molecule has 7 nitrogen and oxygen atoms in total. The second-order valence-electron chi connectivity index (χ2n) is 12.4. The van der Waals surface area contributed by atoms with Crippen LogP contribution < -0.4 is 14.2 Å². The minimum Gasteiger partial charge on any atom is -0.493 e. The van der Waals surface area contributed by atoms with E-state index >= 15 is 0 Å². The van der Waals surface area contributed by atoms with Gasteiger partial charge in [-0.05, 0) is 71.7 Å². The summed E-state index contributed by atoms with van der Waals surface area (Å²) in [6, 6.07) is 27.3. The lowest BCUT2D eigenvalue weighted by Crippen LogP contribution is -2.47. The van der Waals surface area contributed by atoms with Crippen LogP contribution in [-0.4, -0.2) is 53.5 Å². The number of halogens is 4. The number of ether oxygens (including phenoxy) is 3. The van der Waals surface area contributed by atoms with Crippen molar-refractivity contribution >= 4 is 46.8 Å². The highest BCUT2D eigenvalue weighted by Gasteiger charge is 2.20. The molecular formula is C41H37Cl3FN3O4. The number of aromatic nitrogens is 1. The van der Waals surface area contributed by atoms with Crippen LogP contribution in [0.1, 0.15) is 27.8 Å². The molecule has 0 atom stereocenters. The number of hydrogen-bond acceptors (Lipinski definition) is 6. The number of rotatable bonds is 13. The number of pyridine rings is 1. The molecular weight excluding hydrogens is 724 g/mol. The average molecular weight is 761 g/mol. The van der Waals surface area contributed by atoms with Crippen molar-refractivity contribution in [2.75, 3.05) is 32.8 Å². The van der Waals surface area contributed by atoms with Gasteiger partial charge in [0, 0.05) is 62.9 Å². The molecule has 1 saturated heterocycles. The molecule has 0 aliphatic carbocycles. The number of aryl methyl sites for hydroxylation is 1. The van der Waals surface area contributed by atoms with Crippen molar-refractivity contribution in [3.63, 3.8) is 0 Å². The van der Waals surface area contributed by atoms with Gasteiger partial charge in [-0.15, -0.1) is 0 Å².